The molecular formula is C20H34NO3P. The molecule has 2 atom stereocenters. The van der Waals surface area contributed by atoms with E-state index in [1.165, 1.54) is 50.5 Å². The zero-order valence-corrected chi connectivity index (χ0v) is 16.6. The van der Waals surface area contributed by atoms with E-state index in [0.717, 1.165) is 12.1 Å². The lowest BCUT2D eigenvalue weighted by molar-refractivity contribution is 0.355. The van der Waals surface area contributed by atoms with Crippen LogP contribution in [0.5, 0.6) is 0 Å². The number of unbranched alkanes of at least 4 members (excludes halogenated alkanes) is 6. The smallest absolute Gasteiger partial charge is 0.330 e. The summed E-state index contributed by atoms with van der Waals surface area (Å²) in [7, 11) is -4.01. The maximum absolute atomic E-state index is 11.6. The van der Waals surface area contributed by atoms with Crippen molar-refractivity contribution in [2.75, 3.05) is 11.4 Å². The topological polar surface area (TPSA) is 60.8 Å². The molecule has 1 saturated heterocycles. The highest BCUT2D eigenvalue weighted by atomic mass is 31.2. The van der Waals surface area contributed by atoms with Gasteiger partial charge >= 0.3 is 7.60 Å². The Balaban J connectivity index is 1.77. The molecule has 2 rings (SSSR count). The van der Waals surface area contributed by atoms with E-state index in [-0.39, 0.29) is 6.04 Å². The maximum atomic E-state index is 11.6. The summed E-state index contributed by atoms with van der Waals surface area (Å²) < 4.78 is 11.6. The molecule has 0 aliphatic carbocycles. The predicted molar refractivity (Wildman–Crippen MR) is 105 cm³/mol. The lowest BCUT2D eigenvalue weighted by Crippen LogP contribution is -2.32. The Morgan fingerprint density at radius 3 is 2.20 bits per heavy atom. The van der Waals surface area contributed by atoms with Gasteiger partial charge in [0.2, 0.25) is 0 Å². The van der Waals surface area contributed by atoms with Gasteiger partial charge in [-0.2, -0.15) is 0 Å². The molecule has 5 heteroatoms. The highest BCUT2D eigenvalue weighted by Gasteiger charge is 2.41. The van der Waals surface area contributed by atoms with Crippen LogP contribution in [0.15, 0.2) is 24.3 Å². The Kier molecular flexibility index (Phi) is 7.99. The van der Waals surface area contributed by atoms with Gasteiger partial charge in [0, 0.05) is 18.3 Å². The summed E-state index contributed by atoms with van der Waals surface area (Å²) >= 11 is 0. The molecule has 0 unspecified atom stereocenters. The summed E-state index contributed by atoms with van der Waals surface area (Å²) in [6.07, 6.45) is 11.0. The molecule has 4 nitrogen and oxygen atoms in total. The quantitative estimate of drug-likeness (QED) is 0.445. The molecule has 2 N–H and O–H groups in total. The SMILES string of the molecule is CCCCCCCCCc1ccc(N2CC[C@@H](P(=O)(O)O)[C@@H]2C)cc1. The van der Waals surface area contributed by atoms with Crippen LogP contribution in [-0.4, -0.2) is 28.0 Å². The fourth-order valence-electron chi connectivity index (χ4n) is 3.88. The number of aryl methyl sites for hydroxylation is 1. The van der Waals surface area contributed by atoms with Crippen molar-refractivity contribution in [2.45, 2.75) is 83.3 Å². The molecule has 25 heavy (non-hydrogen) atoms. The van der Waals surface area contributed by atoms with Gasteiger partial charge in [-0.25, -0.2) is 0 Å². The largest absolute Gasteiger partial charge is 0.368 e. The van der Waals surface area contributed by atoms with Crippen molar-refractivity contribution >= 4 is 13.3 Å². The second kappa shape index (κ2) is 9.75. The maximum Gasteiger partial charge on any atom is 0.330 e. The lowest BCUT2D eigenvalue weighted by atomic mass is 10.0. The van der Waals surface area contributed by atoms with Crippen molar-refractivity contribution < 1.29 is 14.4 Å². The van der Waals surface area contributed by atoms with Gasteiger partial charge in [0.25, 0.3) is 0 Å². The number of hydrogen-bond acceptors (Lipinski definition) is 2. The molecule has 0 spiro atoms. The van der Waals surface area contributed by atoms with Crippen LogP contribution < -0.4 is 4.90 Å². The normalized spacial score (nSPS) is 21.0. The van der Waals surface area contributed by atoms with Crippen LogP contribution in [0.3, 0.4) is 0 Å². The van der Waals surface area contributed by atoms with Gasteiger partial charge in [-0.3, -0.25) is 4.57 Å². The third kappa shape index (κ3) is 6.13. The van der Waals surface area contributed by atoms with E-state index in [0.29, 0.717) is 13.0 Å². The van der Waals surface area contributed by atoms with Crippen LogP contribution in [0, 0.1) is 0 Å². The summed E-state index contributed by atoms with van der Waals surface area (Å²) in [5.74, 6) is 0. The Hall–Kier alpha value is -0.830. The average Bonchev–Trinajstić information content (AvgIpc) is 2.96. The Bertz CT molecular complexity index is 555. The van der Waals surface area contributed by atoms with Crippen molar-refractivity contribution in [1.29, 1.82) is 0 Å². The van der Waals surface area contributed by atoms with Crippen molar-refractivity contribution in [2.24, 2.45) is 0 Å². The first-order valence-corrected chi connectivity index (χ1v) is 11.5. The Morgan fingerprint density at radius 2 is 1.64 bits per heavy atom. The molecule has 1 aromatic rings. The molecule has 1 aliphatic heterocycles. The minimum absolute atomic E-state index is 0.116. The van der Waals surface area contributed by atoms with Crippen LogP contribution >= 0.6 is 7.60 Å². The summed E-state index contributed by atoms with van der Waals surface area (Å²) in [4.78, 5) is 21.1. The second-order valence-electron chi connectivity index (χ2n) is 7.42. The first-order chi connectivity index (χ1) is 11.9. The molecule has 1 aromatic carbocycles. The van der Waals surface area contributed by atoms with Gasteiger partial charge in [0.1, 0.15) is 0 Å². The summed E-state index contributed by atoms with van der Waals surface area (Å²) in [5, 5.41) is 0. The number of hydrogen-bond donors (Lipinski definition) is 2. The number of rotatable bonds is 10. The fraction of sp³-hybridized carbons (Fsp3) is 0.700. The molecule has 142 valence electrons. The van der Waals surface area contributed by atoms with Gasteiger partial charge in [0.05, 0.1) is 5.66 Å². The van der Waals surface area contributed by atoms with Gasteiger partial charge < -0.3 is 14.7 Å². The molecule has 0 saturated carbocycles. The minimum atomic E-state index is -4.01. The van der Waals surface area contributed by atoms with Gasteiger partial charge in [-0.05, 0) is 43.9 Å². The van der Waals surface area contributed by atoms with Crippen LogP contribution in [0.2, 0.25) is 0 Å². The van der Waals surface area contributed by atoms with E-state index in [9.17, 15) is 14.4 Å². The van der Waals surface area contributed by atoms with E-state index in [1.54, 1.807) is 0 Å². The lowest BCUT2D eigenvalue weighted by Gasteiger charge is -2.27. The van der Waals surface area contributed by atoms with Crippen LogP contribution in [0.25, 0.3) is 0 Å². The minimum Gasteiger partial charge on any atom is -0.368 e. The third-order valence-electron chi connectivity index (χ3n) is 5.48. The molecule has 1 heterocycles. The molecule has 1 aliphatic rings. The average molecular weight is 367 g/mol. The second-order valence-corrected chi connectivity index (χ2v) is 9.26. The summed E-state index contributed by atoms with van der Waals surface area (Å²) in [6.45, 7) is 4.89. The highest BCUT2D eigenvalue weighted by Crippen LogP contribution is 2.49. The third-order valence-corrected chi connectivity index (χ3v) is 7.04. The molecular weight excluding hydrogens is 333 g/mol. The van der Waals surface area contributed by atoms with Gasteiger partial charge in [-0.1, -0.05) is 57.6 Å². The summed E-state index contributed by atoms with van der Waals surface area (Å²) in [5.41, 5.74) is 1.89. The van der Waals surface area contributed by atoms with Crippen LogP contribution in [-0.2, 0) is 11.0 Å². The van der Waals surface area contributed by atoms with E-state index in [1.807, 2.05) is 6.92 Å². The number of nitrogens with zero attached hydrogens (tertiary/aromatic N) is 1. The van der Waals surface area contributed by atoms with E-state index in [2.05, 4.69) is 36.1 Å². The number of benzene rings is 1. The Labute approximate surface area is 152 Å². The first kappa shape index (κ1) is 20.5. The zero-order chi connectivity index (χ0) is 18.3. The molecule has 0 amide bonds. The van der Waals surface area contributed by atoms with Gasteiger partial charge in [0.15, 0.2) is 0 Å². The molecule has 1 fully saturated rings. The standard InChI is InChI=1S/C20H34NO3P/c1-3-4-5-6-7-8-9-10-18-11-13-19(14-12-18)21-16-15-20(17(21)2)25(22,23)24/h11-14,17,20H,3-10,15-16H2,1-2H3,(H2,22,23,24)/t17-,20+/m0/s1. The van der Waals surface area contributed by atoms with Crippen LogP contribution in [0.1, 0.15) is 70.8 Å². The Morgan fingerprint density at radius 1 is 1.04 bits per heavy atom. The highest BCUT2D eigenvalue weighted by molar-refractivity contribution is 7.52. The van der Waals surface area contributed by atoms with Crippen molar-refractivity contribution in [3.8, 4) is 0 Å². The van der Waals surface area contributed by atoms with E-state index in [4.69, 9.17) is 0 Å². The predicted octanol–water partition coefficient (Wildman–Crippen LogP) is 5.12. The van der Waals surface area contributed by atoms with Crippen LogP contribution in [0.4, 0.5) is 5.69 Å². The fourth-order valence-corrected chi connectivity index (χ4v) is 5.05. The van der Waals surface area contributed by atoms with Crippen molar-refractivity contribution in [3.05, 3.63) is 29.8 Å². The first-order valence-electron chi connectivity index (χ1n) is 9.84. The van der Waals surface area contributed by atoms with Crippen molar-refractivity contribution in [1.82, 2.24) is 0 Å². The zero-order valence-electron chi connectivity index (χ0n) is 15.7. The number of anilines is 1. The van der Waals surface area contributed by atoms with Gasteiger partial charge in [-0.15, -0.1) is 0 Å². The van der Waals surface area contributed by atoms with E-state index >= 15 is 0 Å². The van der Waals surface area contributed by atoms with E-state index < -0.39 is 13.3 Å². The van der Waals surface area contributed by atoms with Crippen molar-refractivity contribution in [3.63, 3.8) is 0 Å². The summed E-state index contributed by atoms with van der Waals surface area (Å²) in [6, 6.07) is 8.44. The monoisotopic (exact) mass is 367 g/mol. The molecule has 0 aromatic heterocycles. The molecule has 0 bridgehead atoms. The molecule has 0 radical (unpaired) electrons.